The average Bonchev–Trinajstić information content (AvgIpc) is 2.70. The van der Waals surface area contributed by atoms with Crippen LogP contribution in [0.3, 0.4) is 0 Å². The standard InChI is InChI=1S/C11H11FN2O/c12-9-6-3-7-10(13-9)14-11(15)8-4-1-2-5-8/h1-3,6-8H,4-5H2,(H,13,14,15). The lowest BCUT2D eigenvalue weighted by Gasteiger charge is -2.09. The monoisotopic (exact) mass is 206 g/mol. The van der Waals surface area contributed by atoms with Crippen LogP contribution in [0.2, 0.25) is 0 Å². The van der Waals surface area contributed by atoms with Crippen molar-refractivity contribution < 1.29 is 9.18 Å². The van der Waals surface area contributed by atoms with Crippen LogP contribution in [0.5, 0.6) is 0 Å². The van der Waals surface area contributed by atoms with Crippen molar-refractivity contribution in [1.29, 1.82) is 0 Å². The zero-order valence-electron chi connectivity index (χ0n) is 8.11. The molecule has 0 saturated carbocycles. The molecule has 1 heterocycles. The van der Waals surface area contributed by atoms with Gasteiger partial charge in [0.25, 0.3) is 0 Å². The number of anilines is 1. The van der Waals surface area contributed by atoms with Gasteiger partial charge in [0.15, 0.2) is 0 Å². The third kappa shape index (κ3) is 2.40. The molecule has 15 heavy (non-hydrogen) atoms. The van der Waals surface area contributed by atoms with Gasteiger partial charge >= 0.3 is 0 Å². The number of rotatable bonds is 2. The van der Waals surface area contributed by atoms with Crippen molar-refractivity contribution in [2.24, 2.45) is 5.92 Å². The summed E-state index contributed by atoms with van der Waals surface area (Å²) in [7, 11) is 0. The smallest absolute Gasteiger partial charge is 0.229 e. The van der Waals surface area contributed by atoms with Gasteiger partial charge in [0, 0.05) is 5.92 Å². The van der Waals surface area contributed by atoms with Crippen LogP contribution in [0.25, 0.3) is 0 Å². The van der Waals surface area contributed by atoms with Crippen LogP contribution < -0.4 is 5.32 Å². The van der Waals surface area contributed by atoms with Crippen LogP contribution in [0.1, 0.15) is 12.8 Å². The van der Waals surface area contributed by atoms with E-state index in [1.807, 2.05) is 12.2 Å². The van der Waals surface area contributed by atoms with Gasteiger partial charge in [0.1, 0.15) is 5.82 Å². The molecule has 1 aliphatic rings. The van der Waals surface area contributed by atoms with E-state index >= 15 is 0 Å². The van der Waals surface area contributed by atoms with Gasteiger partial charge in [-0.1, -0.05) is 18.2 Å². The second kappa shape index (κ2) is 4.21. The number of nitrogens with one attached hydrogen (secondary N) is 1. The topological polar surface area (TPSA) is 42.0 Å². The summed E-state index contributed by atoms with van der Waals surface area (Å²) in [4.78, 5) is 15.2. The minimum absolute atomic E-state index is 0.0323. The van der Waals surface area contributed by atoms with E-state index < -0.39 is 5.95 Å². The molecule has 0 radical (unpaired) electrons. The minimum atomic E-state index is -0.586. The molecular formula is C11H11FN2O. The fourth-order valence-electron chi connectivity index (χ4n) is 1.54. The van der Waals surface area contributed by atoms with Gasteiger partial charge in [0.2, 0.25) is 11.9 Å². The minimum Gasteiger partial charge on any atom is -0.310 e. The predicted molar refractivity (Wildman–Crippen MR) is 54.7 cm³/mol. The highest BCUT2D eigenvalue weighted by Gasteiger charge is 2.19. The molecular weight excluding hydrogens is 195 g/mol. The second-order valence-corrected chi connectivity index (χ2v) is 3.47. The van der Waals surface area contributed by atoms with Gasteiger partial charge in [0.05, 0.1) is 0 Å². The Morgan fingerprint density at radius 1 is 1.40 bits per heavy atom. The van der Waals surface area contributed by atoms with Gasteiger partial charge in [-0.15, -0.1) is 0 Å². The molecule has 0 aliphatic heterocycles. The van der Waals surface area contributed by atoms with Crippen molar-refractivity contribution >= 4 is 11.7 Å². The highest BCUT2D eigenvalue weighted by atomic mass is 19.1. The van der Waals surface area contributed by atoms with Crippen LogP contribution in [0.15, 0.2) is 30.4 Å². The molecule has 0 fully saturated rings. The molecule has 0 spiro atoms. The first kappa shape index (κ1) is 9.83. The molecule has 1 aromatic rings. The van der Waals surface area contributed by atoms with Crippen molar-refractivity contribution in [2.75, 3.05) is 5.32 Å². The van der Waals surface area contributed by atoms with Crippen molar-refractivity contribution in [3.63, 3.8) is 0 Å². The van der Waals surface area contributed by atoms with Gasteiger partial charge < -0.3 is 5.32 Å². The summed E-state index contributed by atoms with van der Waals surface area (Å²) in [5.74, 6) is -0.447. The predicted octanol–water partition coefficient (Wildman–Crippen LogP) is 2.13. The first-order chi connectivity index (χ1) is 7.25. The third-order valence-corrected chi connectivity index (χ3v) is 2.35. The fraction of sp³-hybridized carbons (Fsp3) is 0.273. The summed E-state index contributed by atoms with van der Waals surface area (Å²) >= 11 is 0. The third-order valence-electron chi connectivity index (χ3n) is 2.35. The zero-order chi connectivity index (χ0) is 10.7. The van der Waals surface area contributed by atoms with Crippen LogP contribution in [0.4, 0.5) is 10.2 Å². The Morgan fingerprint density at radius 2 is 2.13 bits per heavy atom. The Labute approximate surface area is 87.0 Å². The first-order valence-corrected chi connectivity index (χ1v) is 4.84. The molecule has 1 aromatic heterocycles. The number of allylic oxidation sites excluding steroid dienone is 2. The molecule has 3 nitrogen and oxygen atoms in total. The summed E-state index contributed by atoms with van der Waals surface area (Å²) in [6.45, 7) is 0. The molecule has 4 heteroatoms. The Kier molecular flexibility index (Phi) is 2.76. The van der Waals surface area contributed by atoms with Crippen LogP contribution >= 0.6 is 0 Å². The molecule has 0 saturated heterocycles. The van der Waals surface area contributed by atoms with Gasteiger partial charge in [-0.05, 0) is 25.0 Å². The van der Waals surface area contributed by atoms with Crippen molar-refractivity contribution in [3.05, 3.63) is 36.3 Å². The van der Waals surface area contributed by atoms with E-state index in [4.69, 9.17) is 0 Å². The highest BCUT2D eigenvalue weighted by Crippen LogP contribution is 2.19. The first-order valence-electron chi connectivity index (χ1n) is 4.84. The largest absolute Gasteiger partial charge is 0.310 e. The molecule has 1 amide bonds. The molecule has 0 atom stereocenters. The van der Waals surface area contributed by atoms with Gasteiger partial charge in [-0.3, -0.25) is 4.79 Å². The van der Waals surface area contributed by atoms with Crippen molar-refractivity contribution in [2.45, 2.75) is 12.8 Å². The van der Waals surface area contributed by atoms with E-state index in [0.717, 1.165) is 12.8 Å². The van der Waals surface area contributed by atoms with Crippen molar-refractivity contribution in [1.82, 2.24) is 4.98 Å². The zero-order valence-corrected chi connectivity index (χ0v) is 8.11. The summed E-state index contributed by atoms with van der Waals surface area (Å²) < 4.78 is 12.7. The number of nitrogens with zero attached hydrogens (tertiary/aromatic N) is 1. The molecule has 2 rings (SSSR count). The Bertz CT molecular complexity index is 395. The maximum Gasteiger partial charge on any atom is 0.229 e. The molecule has 1 aliphatic carbocycles. The Hall–Kier alpha value is -1.71. The summed E-state index contributed by atoms with van der Waals surface area (Å²) in [5.41, 5.74) is 0. The van der Waals surface area contributed by atoms with E-state index in [1.54, 1.807) is 6.07 Å². The number of hydrogen-bond acceptors (Lipinski definition) is 2. The van der Waals surface area contributed by atoms with Crippen molar-refractivity contribution in [3.8, 4) is 0 Å². The normalized spacial score (nSPS) is 15.5. The maximum absolute atomic E-state index is 12.7. The molecule has 1 N–H and O–H groups in total. The second-order valence-electron chi connectivity index (χ2n) is 3.47. The van der Waals surface area contributed by atoms with Crippen LogP contribution in [-0.2, 0) is 4.79 Å². The number of amides is 1. The van der Waals surface area contributed by atoms with Gasteiger partial charge in [-0.2, -0.15) is 4.39 Å². The summed E-state index contributed by atoms with van der Waals surface area (Å²) in [6.07, 6.45) is 5.45. The number of hydrogen-bond donors (Lipinski definition) is 1. The average molecular weight is 206 g/mol. The summed E-state index contributed by atoms with van der Waals surface area (Å²) in [6, 6.07) is 4.33. The fourth-order valence-corrected chi connectivity index (χ4v) is 1.54. The lowest BCUT2D eigenvalue weighted by molar-refractivity contribution is -0.119. The molecule has 78 valence electrons. The number of pyridine rings is 1. The SMILES string of the molecule is O=C(Nc1cccc(F)n1)C1CC=CC1. The maximum atomic E-state index is 12.7. The molecule has 0 bridgehead atoms. The van der Waals surface area contributed by atoms with E-state index in [-0.39, 0.29) is 17.6 Å². The number of halogens is 1. The van der Waals surface area contributed by atoms with E-state index in [0.29, 0.717) is 0 Å². The summed E-state index contributed by atoms with van der Waals surface area (Å²) in [5, 5.41) is 2.59. The lowest BCUT2D eigenvalue weighted by Crippen LogP contribution is -2.21. The van der Waals surface area contributed by atoms with Crippen LogP contribution in [0, 0.1) is 11.9 Å². The van der Waals surface area contributed by atoms with E-state index in [2.05, 4.69) is 10.3 Å². The number of aromatic nitrogens is 1. The molecule has 0 aromatic carbocycles. The highest BCUT2D eigenvalue weighted by molar-refractivity contribution is 5.92. The van der Waals surface area contributed by atoms with E-state index in [1.165, 1.54) is 12.1 Å². The Morgan fingerprint density at radius 3 is 2.80 bits per heavy atom. The van der Waals surface area contributed by atoms with E-state index in [9.17, 15) is 9.18 Å². The number of carbonyl (C=O) groups excluding carboxylic acids is 1. The Balaban J connectivity index is 1.99. The quantitative estimate of drug-likeness (QED) is 0.595. The number of carbonyl (C=O) groups is 1. The van der Waals surface area contributed by atoms with Gasteiger partial charge in [-0.25, -0.2) is 4.98 Å². The molecule has 0 unspecified atom stereocenters. The van der Waals surface area contributed by atoms with Crippen LogP contribution in [-0.4, -0.2) is 10.9 Å². The lowest BCUT2D eigenvalue weighted by atomic mass is 10.1.